The topological polar surface area (TPSA) is 55.8 Å². The fraction of sp³-hybridized carbons (Fsp3) is 0.500. The predicted octanol–water partition coefficient (Wildman–Crippen LogP) is 2.52. The number of methoxy groups -OCH3 is 1. The molecule has 0 bridgehead atoms. The molecule has 1 aromatic rings. The standard InChI is InChI=1S/C16H21NO4/c1-10(2)17-14(18)13(21-16(17,3)4)11-8-6-7-9-12(11)15(19)20-5/h6-10,13H,1-5H3/t13-/m0/s1. The van der Waals surface area contributed by atoms with Gasteiger partial charge in [-0.2, -0.15) is 0 Å². The molecule has 114 valence electrons. The van der Waals surface area contributed by atoms with E-state index in [9.17, 15) is 9.59 Å². The van der Waals surface area contributed by atoms with E-state index in [1.807, 2.05) is 27.7 Å². The SMILES string of the molecule is COC(=O)c1ccccc1[C@@H]1OC(C)(C)N(C(C)C)C1=O. The molecule has 0 aliphatic carbocycles. The Labute approximate surface area is 124 Å². The zero-order chi connectivity index (χ0) is 15.8. The average Bonchev–Trinajstić information content (AvgIpc) is 2.67. The molecular formula is C16H21NO4. The second kappa shape index (κ2) is 5.48. The molecule has 1 fully saturated rings. The summed E-state index contributed by atoms with van der Waals surface area (Å²) in [5, 5.41) is 0. The molecule has 1 atom stereocenters. The van der Waals surface area contributed by atoms with Crippen LogP contribution in [0.25, 0.3) is 0 Å². The van der Waals surface area contributed by atoms with E-state index in [0.717, 1.165) is 0 Å². The number of carbonyl (C=O) groups is 2. The monoisotopic (exact) mass is 291 g/mol. The first-order valence-corrected chi connectivity index (χ1v) is 6.98. The first kappa shape index (κ1) is 15.5. The Morgan fingerprint density at radius 3 is 2.48 bits per heavy atom. The number of amides is 1. The van der Waals surface area contributed by atoms with Crippen molar-refractivity contribution >= 4 is 11.9 Å². The van der Waals surface area contributed by atoms with Gasteiger partial charge in [0.25, 0.3) is 5.91 Å². The van der Waals surface area contributed by atoms with Gasteiger partial charge in [0.1, 0.15) is 5.72 Å². The fourth-order valence-electron chi connectivity index (χ4n) is 2.88. The van der Waals surface area contributed by atoms with Crippen molar-refractivity contribution in [3.63, 3.8) is 0 Å². The van der Waals surface area contributed by atoms with Crippen LogP contribution in [0.5, 0.6) is 0 Å². The molecule has 1 aromatic carbocycles. The zero-order valence-corrected chi connectivity index (χ0v) is 13.0. The number of benzene rings is 1. The van der Waals surface area contributed by atoms with Crippen LogP contribution in [0, 0.1) is 0 Å². The predicted molar refractivity (Wildman–Crippen MR) is 77.7 cm³/mol. The molecule has 2 rings (SSSR count). The van der Waals surface area contributed by atoms with Gasteiger partial charge < -0.3 is 14.4 Å². The highest BCUT2D eigenvalue weighted by Crippen LogP contribution is 2.39. The average molecular weight is 291 g/mol. The highest BCUT2D eigenvalue weighted by Gasteiger charge is 2.48. The van der Waals surface area contributed by atoms with Crippen LogP contribution in [0.2, 0.25) is 0 Å². The highest BCUT2D eigenvalue weighted by atomic mass is 16.6. The molecule has 1 aliphatic heterocycles. The van der Waals surface area contributed by atoms with E-state index in [-0.39, 0.29) is 11.9 Å². The molecule has 0 unspecified atom stereocenters. The summed E-state index contributed by atoms with van der Waals surface area (Å²) in [5.74, 6) is -0.603. The van der Waals surface area contributed by atoms with Crippen molar-refractivity contribution in [3.05, 3.63) is 35.4 Å². The van der Waals surface area contributed by atoms with E-state index >= 15 is 0 Å². The number of hydrogen-bond donors (Lipinski definition) is 0. The fourth-order valence-corrected chi connectivity index (χ4v) is 2.88. The van der Waals surface area contributed by atoms with E-state index in [4.69, 9.17) is 9.47 Å². The summed E-state index contributed by atoms with van der Waals surface area (Å²) in [6.45, 7) is 7.59. The van der Waals surface area contributed by atoms with Gasteiger partial charge in [-0.05, 0) is 33.8 Å². The Morgan fingerprint density at radius 2 is 1.95 bits per heavy atom. The number of rotatable bonds is 3. The lowest BCUT2D eigenvalue weighted by atomic mass is 10.0. The Kier molecular flexibility index (Phi) is 4.05. The van der Waals surface area contributed by atoms with Gasteiger partial charge in [0.05, 0.1) is 12.7 Å². The van der Waals surface area contributed by atoms with Gasteiger partial charge in [0.2, 0.25) is 0 Å². The summed E-state index contributed by atoms with van der Waals surface area (Å²) in [4.78, 5) is 26.2. The van der Waals surface area contributed by atoms with Crippen molar-refractivity contribution < 1.29 is 19.1 Å². The molecule has 0 radical (unpaired) electrons. The van der Waals surface area contributed by atoms with Gasteiger partial charge in [-0.15, -0.1) is 0 Å². The second-order valence-corrected chi connectivity index (χ2v) is 5.83. The van der Waals surface area contributed by atoms with Crippen LogP contribution in [0.1, 0.15) is 49.7 Å². The molecule has 0 saturated carbocycles. The second-order valence-electron chi connectivity index (χ2n) is 5.83. The number of carbonyl (C=O) groups excluding carboxylic acids is 2. The van der Waals surface area contributed by atoms with E-state index in [0.29, 0.717) is 11.1 Å². The Balaban J connectivity index is 2.45. The first-order valence-electron chi connectivity index (χ1n) is 6.98. The minimum absolute atomic E-state index is 0.0165. The zero-order valence-electron chi connectivity index (χ0n) is 13.0. The maximum absolute atomic E-state index is 12.7. The third kappa shape index (κ3) is 2.65. The smallest absolute Gasteiger partial charge is 0.338 e. The van der Waals surface area contributed by atoms with Gasteiger partial charge in [-0.25, -0.2) is 4.79 Å². The molecule has 1 saturated heterocycles. The van der Waals surface area contributed by atoms with Crippen LogP contribution in [-0.4, -0.2) is 35.7 Å². The molecular weight excluding hydrogens is 270 g/mol. The summed E-state index contributed by atoms with van der Waals surface area (Å²) >= 11 is 0. The molecule has 5 nitrogen and oxygen atoms in total. The maximum Gasteiger partial charge on any atom is 0.338 e. The third-order valence-electron chi connectivity index (χ3n) is 3.61. The van der Waals surface area contributed by atoms with E-state index in [1.54, 1.807) is 29.2 Å². The summed E-state index contributed by atoms with van der Waals surface area (Å²) in [6.07, 6.45) is -0.780. The summed E-state index contributed by atoms with van der Waals surface area (Å²) in [6, 6.07) is 6.91. The molecule has 21 heavy (non-hydrogen) atoms. The van der Waals surface area contributed by atoms with Gasteiger partial charge in [0.15, 0.2) is 6.10 Å². The van der Waals surface area contributed by atoms with Crippen LogP contribution in [0.4, 0.5) is 0 Å². The maximum atomic E-state index is 12.7. The minimum Gasteiger partial charge on any atom is -0.465 e. The molecule has 1 amide bonds. The number of ether oxygens (including phenoxy) is 2. The largest absolute Gasteiger partial charge is 0.465 e. The molecule has 1 aliphatic rings. The lowest BCUT2D eigenvalue weighted by molar-refractivity contribution is -0.134. The molecule has 0 spiro atoms. The Morgan fingerprint density at radius 1 is 1.33 bits per heavy atom. The summed E-state index contributed by atoms with van der Waals surface area (Å²) in [7, 11) is 1.32. The van der Waals surface area contributed by atoms with Crippen molar-refractivity contribution in [2.24, 2.45) is 0 Å². The number of nitrogens with zero attached hydrogens (tertiary/aromatic N) is 1. The van der Waals surface area contributed by atoms with Crippen molar-refractivity contribution in [2.45, 2.75) is 45.6 Å². The first-order chi connectivity index (χ1) is 9.79. The van der Waals surface area contributed by atoms with Gasteiger partial charge in [-0.1, -0.05) is 18.2 Å². The van der Waals surface area contributed by atoms with Gasteiger partial charge in [0, 0.05) is 11.6 Å². The lowest BCUT2D eigenvalue weighted by Gasteiger charge is -2.32. The Bertz CT molecular complexity index is 565. The summed E-state index contributed by atoms with van der Waals surface area (Å²) in [5.41, 5.74) is 0.199. The highest BCUT2D eigenvalue weighted by molar-refractivity contribution is 5.94. The molecule has 1 heterocycles. The molecule has 0 N–H and O–H groups in total. The normalized spacial score (nSPS) is 21.0. The van der Waals surface area contributed by atoms with Crippen molar-refractivity contribution in [1.82, 2.24) is 4.90 Å². The van der Waals surface area contributed by atoms with E-state index in [2.05, 4.69) is 0 Å². The quantitative estimate of drug-likeness (QED) is 0.803. The van der Waals surface area contributed by atoms with Crippen molar-refractivity contribution in [1.29, 1.82) is 0 Å². The minimum atomic E-state index is -0.780. The van der Waals surface area contributed by atoms with Crippen LogP contribution in [0.15, 0.2) is 24.3 Å². The van der Waals surface area contributed by atoms with Crippen LogP contribution >= 0.6 is 0 Å². The van der Waals surface area contributed by atoms with E-state index in [1.165, 1.54) is 7.11 Å². The lowest BCUT2D eigenvalue weighted by Crippen LogP contribution is -2.46. The molecule has 0 aromatic heterocycles. The van der Waals surface area contributed by atoms with E-state index < -0.39 is 17.8 Å². The summed E-state index contributed by atoms with van der Waals surface area (Å²) < 4.78 is 10.7. The van der Waals surface area contributed by atoms with Crippen LogP contribution < -0.4 is 0 Å². The Hall–Kier alpha value is -1.88. The molecule has 5 heteroatoms. The van der Waals surface area contributed by atoms with Crippen molar-refractivity contribution in [2.75, 3.05) is 7.11 Å². The van der Waals surface area contributed by atoms with Crippen LogP contribution in [-0.2, 0) is 14.3 Å². The number of esters is 1. The van der Waals surface area contributed by atoms with Crippen molar-refractivity contribution in [3.8, 4) is 0 Å². The van der Waals surface area contributed by atoms with Gasteiger partial charge >= 0.3 is 5.97 Å². The number of hydrogen-bond acceptors (Lipinski definition) is 4. The van der Waals surface area contributed by atoms with Gasteiger partial charge in [-0.3, -0.25) is 4.79 Å². The third-order valence-corrected chi connectivity index (χ3v) is 3.61. The van der Waals surface area contributed by atoms with Crippen LogP contribution in [0.3, 0.4) is 0 Å².